The number of pyridine rings is 1. The van der Waals surface area contributed by atoms with Gasteiger partial charge in [0.2, 0.25) is 5.95 Å². The van der Waals surface area contributed by atoms with Gasteiger partial charge in [-0.2, -0.15) is 10.1 Å². The van der Waals surface area contributed by atoms with Gasteiger partial charge < -0.3 is 15.0 Å². The number of anilines is 3. The number of nitrogens with one attached hydrogen (secondary N) is 1. The third-order valence-electron chi connectivity index (χ3n) is 3.72. The summed E-state index contributed by atoms with van der Waals surface area (Å²) in [6, 6.07) is 11.7. The third-order valence-corrected chi connectivity index (χ3v) is 3.72. The summed E-state index contributed by atoms with van der Waals surface area (Å²) in [5, 5.41) is 11.4. The maximum atomic E-state index is 5.23. The predicted molar refractivity (Wildman–Crippen MR) is 97.3 cm³/mol. The lowest BCUT2D eigenvalue weighted by Gasteiger charge is -2.17. The van der Waals surface area contributed by atoms with Crippen LogP contribution < -0.4 is 15.0 Å². The topological polar surface area (TPSA) is 76.1 Å². The molecule has 0 saturated carbocycles. The Labute approximate surface area is 146 Å². The maximum absolute atomic E-state index is 5.23. The minimum absolute atomic E-state index is 0.571. The van der Waals surface area contributed by atoms with Gasteiger partial charge in [0.25, 0.3) is 0 Å². The van der Waals surface area contributed by atoms with E-state index in [-0.39, 0.29) is 0 Å². The summed E-state index contributed by atoms with van der Waals surface area (Å²) in [7, 11) is 3.59. The van der Waals surface area contributed by atoms with Crippen LogP contribution in [0, 0.1) is 0 Å². The summed E-state index contributed by atoms with van der Waals surface area (Å²) in [5.74, 6) is 1.98. The lowest BCUT2D eigenvalue weighted by molar-refractivity contribution is 0.415. The standard InChI is InChI=1S/C18H20N6O/c1-24(11-8-14-6-9-19-10-7-14)18-22-17(13-20-23-18)21-15-4-3-5-16(12-15)25-2/h3-7,9-10,12-13H,8,11H2,1-2H3,(H,21,22,23). The molecule has 0 aliphatic carbocycles. The van der Waals surface area contributed by atoms with Crippen LogP contribution in [0.3, 0.4) is 0 Å². The number of methoxy groups -OCH3 is 1. The molecule has 0 atom stereocenters. The molecule has 0 radical (unpaired) electrons. The van der Waals surface area contributed by atoms with Gasteiger partial charge in [-0.05, 0) is 36.2 Å². The minimum atomic E-state index is 0.571. The summed E-state index contributed by atoms with van der Waals surface area (Å²) < 4.78 is 5.23. The smallest absolute Gasteiger partial charge is 0.247 e. The van der Waals surface area contributed by atoms with Gasteiger partial charge in [-0.15, -0.1) is 5.10 Å². The molecule has 0 bridgehead atoms. The van der Waals surface area contributed by atoms with Crippen molar-refractivity contribution in [3.05, 3.63) is 60.6 Å². The van der Waals surface area contributed by atoms with E-state index in [0.717, 1.165) is 24.4 Å². The molecule has 1 aromatic carbocycles. The Morgan fingerprint density at radius 1 is 1.16 bits per heavy atom. The Bertz CT molecular complexity index is 811. The number of hydrogen-bond acceptors (Lipinski definition) is 7. The highest BCUT2D eigenvalue weighted by Crippen LogP contribution is 2.20. The highest BCUT2D eigenvalue weighted by molar-refractivity contribution is 5.58. The van der Waals surface area contributed by atoms with Crippen molar-refractivity contribution in [1.82, 2.24) is 20.2 Å². The highest BCUT2D eigenvalue weighted by Gasteiger charge is 2.07. The molecule has 2 heterocycles. The summed E-state index contributed by atoms with van der Waals surface area (Å²) in [6.45, 7) is 0.786. The monoisotopic (exact) mass is 336 g/mol. The SMILES string of the molecule is COc1cccc(Nc2cnnc(N(C)CCc3ccncc3)n2)c1. The second-order valence-electron chi connectivity index (χ2n) is 5.53. The van der Waals surface area contributed by atoms with E-state index in [1.807, 2.05) is 48.3 Å². The van der Waals surface area contributed by atoms with Crippen LogP contribution in [0.1, 0.15) is 5.56 Å². The Balaban J connectivity index is 1.66. The molecule has 7 heteroatoms. The lowest BCUT2D eigenvalue weighted by atomic mass is 10.2. The molecule has 0 saturated heterocycles. The second-order valence-corrected chi connectivity index (χ2v) is 5.53. The van der Waals surface area contributed by atoms with Crippen LogP contribution in [0.5, 0.6) is 5.75 Å². The van der Waals surface area contributed by atoms with Gasteiger partial charge >= 0.3 is 0 Å². The summed E-state index contributed by atoms with van der Waals surface area (Å²) in [6.07, 6.45) is 6.08. The zero-order chi connectivity index (χ0) is 17.5. The molecule has 3 rings (SSSR count). The van der Waals surface area contributed by atoms with Crippen LogP contribution in [0.4, 0.5) is 17.5 Å². The van der Waals surface area contributed by atoms with E-state index in [4.69, 9.17) is 4.74 Å². The van der Waals surface area contributed by atoms with Gasteiger partial charge in [0.1, 0.15) is 5.75 Å². The molecule has 0 amide bonds. The fourth-order valence-corrected chi connectivity index (χ4v) is 2.31. The number of nitrogens with zero attached hydrogens (tertiary/aromatic N) is 5. The summed E-state index contributed by atoms with van der Waals surface area (Å²) >= 11 is 0. The van der Waals surface area contributed by atoms with Gasteiger partial charge in [-0.1, -0.05) is 6.07 Å². The summed E-state index contributed by atoms with van der Waals surface area (Å²) in [5.41, 5.74) is 2.10. The van der Waals surface area contributed by atoms with E-state index in [9.17, 15) is 0 Å². The van der Waals surface area contributed by atoms with Gasteiger partial charge in [0.05, 0.1) is 13.3 Å². The fraction of sp³-hybridized carbons (Fsp3) is 0.222. The van der Waals surface area contributed by atoms with Crippen LogP contribution in [-0.4, -0.2) is 40.9 Å². The van der Waals surface area contributed by atoms with E-state index in [0.29, 0.717) is 11.8 Å². The van der Waals surface area contributed by atoms with Crippen LogP contribution in [-0.2, 0) is 6.42 Å². The number of benzene rings is 1. The van der Waals surface area contributed by atoms with Crippen molar-refractivity contribution in [2.24, 2.45) is 0 Å². The Morgan fingerprint density at radius 2 is 2.00 bits per heavy atom. The van der Waals surface area contributed by atoms with E-state index in [1.165, 1.54) is 5.56 Å². The third kappa shape index (κ3) is 4.63. The Morgan fingerprint density at radius 3 is 2.80 bits per heavy atom. The van der Waals surface area contributed by atoms with Gasteiger partial charge in [0, 0.05) is 37.7 Å². The second kappa shape index (κ2) is 8.05. The van der Waals surface area contributed by atoms with Crippen LogP contribution >= 0.6 is 0 Å². The number of likely N-dealkylation sites (N-methyl/N-ethyl adjacent to an activating group) is 1. The van der Waals surface area contributed by atoms with Crippen molar-refractivity contribution in [2.45, 2.75) is 6.42 Å². The van der Waals surface area contributed by atoms with Crippen LogP contribution in [0.15, 0.2) is 55.0 Å². The molecule has 2 aromatic heterocycles. The van der Waals surface area contributed by atoms with Gasteiger partial charge in [0.15, 0.2) is 5.82 Å². The summed E-state index contributed by atoms with van der Waals surface area (Å²) in [4.78, 5) is 10.5. The predicted octanol–water partition coefficient (Wildman–Crippen LogP) is 2.70. The normalized spacial score (nSPS) is 10.3. The van der Waals surface area contributed by atoms with E-state index in [1.54, 1.807) is 25.7 Å². The average Bonchev–Trinajstić information content (AvgIpc) is 2.67. The van der Waals surface area contributed by atoms with Crippen LogP contribution in [0.2, 0.25) is 0 Å². The lowest BCUT2D eigenvalue weighted by Crippen LogP contribution is -2.23. The first-order valence-corrected chi connectivity index (χ1v) is 7.95. The first-order valence-electron chi connectivity index (χ1n) is 7.95. The molecular formula is C18H20N6O. The van der Waals surface area contributed by atoms with E-state index < -0.39 is 0 Å². The van der Waals surface area contributed by atoms with Gasteiger partial charge in [-0.25, -0.2) is 0 Å². The van der Waals surface area contributed by atoms with Crippen molar-refractivity contribution in [3.8, 4) is 5.75 Å². The minimum Gasteiger partial charge on any atom is -0.497 e. The molecule has 128 valence electrons. The van der Waals surface area contributed by atoms with Crippen molar-refractivity contribution in [3.63, 3.8) is 0 Å². The number of rotatable bonds is 7. The quantitative estimate of drug-likeness (QED) is 0.711. The van der Waals surface area contributed by atoms with Crippen molar-refractivity contribution < 1.29 is 4.74 Å². The molecule has 0 aliphatic rings. The molecule has 0 aliphatic heterocycles. The van der Waals surface area contributed by atoms with Crippen molar-refractivity contribution >= 4 is 17.5 Å². The molecular weight excluding hydrogens is 316 g/mol. The first kappa shape index (κ1) is 16.6. The van der Waals surface area contributed by atoms with Crippen LogP contribution in [0.25, 0.3) is 0 Å². The number of ether oxygens (including phenoxy) is 1. The maximum Gasteiger partial charge on any atom is 0.247 e. The first-order chi connectivity index (χ1) is 12.2. The molecule has 3 aromatic rings. The molecule has 0 fully saturated rings. The molecule has 0 spiro atoms. The molecule has 0 unspecified atom stereocenters. The molecule has 25 heavy (non-hydrogen) atoms. The molecule has 1 N–H and O–H groups in total. The zero-order valence-electron chi connectivity index (χ0n) is 14.3. The van der Waals surface area contributed by atoms with Gasteiger partial charge in [-0.3, -0.25) is 4.98 Å². The van der Waals surface area contributed by atoms with Crippen molar-refractivity contribution in [1.29, 1.82) is 0 Å². The zero-order valence-corrected chi connectivity index (χ0v) is 14.3. The number of hydrogen-bond donors (Lipinski definition) is 1. The average molecular weight is 336 g/mol. The fourth-order valence-electron chi connectivity index (χ4n) is 2.31. The largest absolute Gasteiger partial charge is 0.497 e. The Hall–Kier alpha value is -3.22. The van der Waals surface area contributed by atoms with Crippen molar-refractivity contribution in [2.75, 3.05) is 30.9 Å². The highest BCUT2D eigenvalue weighted by atomic mass is 16.5. The molecule has 7 nitrogen and oxygen atoms in total. The number of aromatic nitrogens is 4. The van der Waals surface area contributed by atoms with E-state index in [2.05, 4.69) is 25.5 Å². The Kier molecular flexibility index (Phi) is 5.36. The van der Waals surface area contributed by atoms with E-state index >= 15 is 0 Å².